The number of benzene rings is 2. The summed E-state index contributed by atoms with van der Waals surface area (Å²) in [4.78, 5) is 15.8. The van der Waals surface area contributed by atoms with Gasteiger partial charge >= 0.3 is 5.97 Å². The van der Waals surface area contributed by atoms with Gasteiger partial charge in [0.05, 0.1) is 6.61 Å². The standard InChI is InChI=1S/C19H21NO2S/c1-4-22-19(21)13-8-15-6-5-7-18(14-15)23-17-11-9-16(10-12-17)20(2)3/h5-14H,4H2,1-3H3. The van der Waals surface area contributed by atoms with Gasteiger partial charge in [-0.3, -0.25) is 0 Å². The first-order valence-electron chi connectivity index (χ1n) is 7.48. The van der Waals surface area contributed by atoms with Crippen molar-refractivity contribution >= 4 is 29.5 Å². The highest BCUT2D eigenvalue weighted by atomic mass is 32.2. The van der Waals surface area contributed by atoms with E-state index in [0.29, 0.717) is 6.61 Å². The van der Waals surface area contributed by atoms with Crippen molar-refractivity contribution in [3.05, 3.63) is 60.2 Å². The second-order valence-corrected chi connectivity index (χ2v) is 6.30. The molecule has 0 aromatic heterocycles. The van der Waals surface area contributed by atoms with Crippen molar-refractivity contribution < 1.29 is 9.53 Å². The van der Waals surface area contributed by atoms with Gasteiger partial charge in [0.25, 0.3) is 0 Å². The van der Waals surface area contributed by atoms with E-state index in [1.165, 1.54) is 16.7 Å². The Labute approximate surface area is 142 Å². The van der Waals surface area contributed by atoms with Crippen LogP contribution in [-0.2, 0) is 9.53 Å². The largest absolute Gasteiger partial charge is 0.463 e. The molecule has 0 heterocycles. The molecule has 0 fully saturated rings. The minimum absolute atomic E-state index is 0.315. The number of ether oxygens (including phenoxy) is 1. The molecule has 0 saturated carbocycles. The number of carbonyl (C=O) groups is 1. The summed E-state index contributed by atoms with van der Waals surface area (Å²) in [5.41, 5.74) is 2.16. The van der Waals surface area contributed by atoms with Gasteiger partial charge in [-0.2, -0.15) is 0 Å². The van der Waals surface area contributed by atoms with Crippen molar-refractivity contribution in [3.8, 4) is 0 Å². The van der Waals surface area contributed by atoms with Crippen molar-refractivity contribution in [2.24, 2.45) is 0 Å². The molecule has 0 atom stereocenters. The topological polar surface area (TPSA) is 29.5 Å². The Morgan fingerprint density at radius 3 is 2.52 bits per heavy atom. The summed E-state index contributed by atoms with van der Waals surface area (Å²) in [7, 11) is 4.06. The molecule has 0 radical (unpaired) electrons. The average Bonchev–Trinajstić information content (AvgIpc) is 2.54. The van der Waals surface area contributed by atoms with Crippen LogP contribution in [0.25, 0.3) is 6.08 Å². The summed E-state index contributed by atoms with van der Waals surface area (Å²) >= 11 is 1.70. The summed E-state index contributed by atoms with van der Waals surface area (Å²) in [6.45, 7) is 2.19. The minimum Gasteiger partial charge on any atom is -0.463 e. The zero-order valence-electron chi connectivity index (χ0n) is 13.7. The molecule has 0 N–H and O–H groups in total. The molecule has 2 rings (SSSR count). The third-order valence-electron chi connectivity index (χ3n) is 3.15. The number of esters is 1. The van der Waals surface area contributed by atoms with Crippen molar-refractivity contribution in [2.45, 2.75) is 16.7 Å². The molecule has 0 unspecified atom stereocenters. The van der Waals surface area contributed by atoms with Gasteiger partial charge in [-0.15, -0.1) is 0 Å². The number of rotatable bonds is 6. The number of nitrogens with zero attached hydrogens (tertiary/aromatic N) is 1. The van der Waals surface area contributed by atoms with Crippen LogP contribution < -0.4 is 4.90 Å². The third-order valence-corrected chi connectivity index (χ3v) is 4.14. The van der Waals surface area contributed by atoms with Crippen LogP contribution in [0.5, 0.6) is 0 Å². The second-order valence-electron chi connectivity index (χ2n) is 5.15. The second kappa shape index (κ2) is 8.44. The smallest absolute Gasteiger partial charge is 0.330 e. The maximum Gasteiger partial charge on any atom is 0.330 e. The molecule has 4 heteroatoms. The Balaban J connectivity index is 2.06. The maximum absolute atomic E-state index is 11.4. The fraction of sp³-hybridized carbons (Fsp3) is 0.211. The number of carbonyl (C=O) groups excluding carboxylic acids is 1. The van der Waals surface area contributed by atoms with Gasteiger partial charge in [0.1, 0.15) is 0 Å². The first-order valence-corrected chi connectivity index (χ1v) is 8.30. The Morgan fingerprint density at radius 1 is 1.13 bits per heavy atom. The third kappa shape index (κ3) is 5.49. The molecule has 0 amide bonds. The van der Waals surface area contributed by atoms with Crippen molar-refractivity contribution in [3.63, 3.8) is 0 Å². The highest BCUT2D eigenvalue weighted by molar-refractivity contribution is 7.99. The van der Waals surface area contributed by atoms with E-state index in [1.54, 1.807) is 24.8 Å². The van der Waals surface area contributed by atoms with E-state index in [1.807, 2.05) is 26.2 Å². The van der Waals surface area contributed by atoms with Crippen molar-refractivity contribution in [1.29, 1.82) is 0 Å². The van der Waals surface area contributed by atoms with Crippen LogP contribution in [0.2, 0.25) is 0 Å². The highest BCUT2D eigenvalue weighted by Gasteiger charge is 2.00. The molecule has 0 saturated heterocycles. The first kappa shape index (κ1) is 17.2. The lowest BCUT2D eigenvalue weighted by molar-refractivity contribution is -0.137. The minimum atomic E-state index is -0.315. The van der Waals surface area contributed by atoms with Crippen LogP contribution in [0, 0.1) is 0 Å². The van der Waals surface area contributed by atoms with Crippen molar-refractivity contribution in [2.75, 3.05) is 25.6 Å². The SMILES string of the molecule is CCOC(=O)C=Cc1cccc(Sc2ccc(N(C)C)cc2)c1. The van der Waals surface area contributed by atoms with E-state index in [-0.39, 0.29) is 5.97 Å². The summed E-state index contributed by atoms with van der Waals surface area (Å²) in [6.07, 6.45) is 3.23. The van der Waals surface area contributed by atoms with Crippen LogP contribution in [0.15, 0.2) is 64.4 Å². The van der Waals surface area contributed by atoms with Crippen LogP contribution in [0.3, 0.4) is 0 Å². The molecule has 23 heavy (non-hydrogen) atoms. The number of anilines is 1. The molecule has 2 aromatic carbocycles. The van der Waals surface area contributed by atoms with Gasteiger partial charge in [-0.25, -0.2) is 4.79 Å². The summed E-state index contributed by atoms with van der Waals surface area (Å²) in [5.74, 6) is -0.315. The van der Waals surface area contributed by atoms with Gasteiger partial charge in [0.15, 0.2) is 0 Å². The van der Waals surface area contributed by atoms with Gasteiger partial charge in [0, 0.05) is 35.6 Å². The molecule has 0 aliphatic heterocycles. The molecule has 3 nitrogen and oxygen atoms in total. The summed E-state index contributed by atoms with van der Waals surface area (Å²) in [5, 5.41) is 0. The predicted octanol–water partition coefficient (Wildman–Crippen LogP) is 4.48. The predicted molar refractivity (Wildman–Crippen MR) is 97.0 cm³/mol. The number of hydrogen-bond donors (Lipinski definition) is 0. The zero-order valence-corrected chi connectivity index (χ0v) is 14.5. The van der Waals surface area contributed by atoms with Crippen molar-refractivity contribution in [1.82, 2.24) is 0 Å². The van der Waals surface area contributed by atoms with E-state index in [4.69, 9.17) is 4.74 Å². The molecule has 0 aliphatic carbocycles. The van der Waals surface area contributed by atoms with Crippen LogP contribution in [0.4, 0.5) is 5.69 Å². The molecule has 0 spiro atoms. The molecule has 0 aliphatic rings. The van der Waals surface area contributed by atoms with Gasteiger partial charge in [-0.1, -0.05) is 23.9 Å². The average molecular weight is 327 g/mol. The molecule has 2 aromatic rings. The fourth-order valence-electron chi connectivity index (χ4n) is 1.98. The van der Waals surface area contributed by atoms with E-state index in [0.717, 1.165) is 10.5 Å². The molecular formula is C19H21NO2S. The van der Waals surface area contributed by atoms with Crippen LogP contribution >= 0.6 is 11.8 Å². The Morgan fingerprint density at radius 2 is 1.87 bits per heavy atom. The first-order chi connectivity index (χ1) is 11.1. The van der Waals surface area contributed by atoms with Crippen LogP contribution in [-0.4, -0.2) is 26.7 Å². The molecular weight excluding hydrogens is 306 g/mol. The summed E-state index contributed by atoms with van der Waals surface area (Å²) in [6, 6.07) is 16.5. The Bertz CT molecular complexity index is 678. The monoisotopic (exact) mass is 327 g/mol. The van der Waals surface area contributed by atoms with E-state index in [9.17, 15) is 4.79 Å². The molecule has 0 bridgehead atoms. The number of hydrogen-bond acceptors (Lipinski definition) is 4. The maximum atomic E-state index is 11.4. The summed E-state index contributed by atoms with van der Waals surface area (Å²) < 4.78 is 4.89. The zero-order chi connectivity index (χ0) is 16.7. The quantitative estimate of drug-likeness (QED) is 0.578. The van der Waals surface area contributed by atoms with Gasteiger partial charge in [0.2, 0.25) is 0 Å². The normalized spacial score (nSPS) is 10.7. The van der Waals surface area contributed by atoms with E-state index < -0.39 is 0 Å². The lowest BCUT2D eigenvalue weighted by Crippen LogP contribution is -2.07. The van der Waals surface area contributed by atoms with Gasteiger partial charge < -0.3 is 9.64 Å². The van der Waals surface area contributed by atoms with E-state index in [2.05, 4.69) is 41.3 Å². The Hall–Kier alpha value is -2.20. The molecule has 120 valence electrons. The fourth-order valence-corrected chi connectivity index (χ4v) is 2.87. The van der Waals surface area contributed by atoms with Gasteiger partial charge in [-0.05, 0) is 55.0 Å². The Kier molecular flexibility index (Phi) is 6.29. The lowest BCUT2D eigenvalue weighted by atomic mass is 10.2. The highest BCUT2D eigenvalue weighted by Crippen LogP contribution is 2.29. The lowest BCUT2D eigenvalue weighted by Gasteiger charge is -2.12. The van der Waals surface area contributed by atoms with E-state index >= 15 is 0 Å². The van der Waals surface area contributed by atoms with Crippen LogP contribution in [0.1, 0.15) is 12.5 Å².